The van der Waals surface area contributed by atoms with Crippen LogP contribution < -0.4 is 5.32 Å². The Morgan fingerprint density at radius 1 is 1.32 bits per heavy atom. The van der Waals surface area contributed by atoms with Crippen LogP contribution in [0.15, 0.2) is 29.6 Å². The molecule has 0 saturated heterocycles. The molecule has 102 valence electrons. The summed E-state index contributed by atoms with van der Waals surface area (Å²) < 4.78 is 1.27. The van der Waals surface area contributed by atoms with Crippen molar-refractivity contribution < 1.29 is 4.79 Å². The van der Waals surface area contributed by atoms with E-state index >= 15 is 0 Å². The van der Waals surface area contributed by atoms with Crippen LogP contribution in [-0.2, 0) is 11.2 Å². The fourth-order valence-electron chi connectivity index (χ4n) is 2.15. The lowest BCUT2D eigenvalue weighted by Crippen LogP contribution is -2.24. The quantitative estimate of drug-likeness (QED) is 0.779. The van der Waals surface area contributed by atoms with E-state index in [-0.39, 0.29) is 0 Å². The van der Waals surface area contributed by atoms with Crippen molar-refractivity contribution in [3.63, 3.8) is 0 Å². The number of thiophene rings is 1. The molecule has 1 aromatic heterocycles. The normalized spacial score (nSPS) is 11.3. The average Bonchev–Trinajstić information content (AvgIpc) is 2.78. The minimum absolute atomic E-state index is 0.342. The summed E-state index contributed by atoms with van der Waals surface area (Å²) in [6.07, 6.45) is 2.18. The van der Waals surface area contributed by atoms with Gasteiger partial charge < -0.3 is 5.32 Å². The molecule has 0 bridgehead atoms. The number of benzene rings is 1. The number of ketones is 1. The summed E-state index contributed by atoms with van der Waals surface area (Å²) in [7, 11) is 0. The van der Waals surface area contributed by atoms with Gasteiger partial charge in [-0.1, -0.05) is 32.0 Å². The topological polar surface area (TPSA) is 29.1 Å². The Bertz CT molecular complexity index is 544. The van der Waals surface area contributed by atoms with Crippen LogP contribution in [0.1, 0.15) is 32.3 Å². The maximum atomic E-state index is 12.0. The van der Waals surface area contributed by atoms with Crippen molar-refractivity contribution in [2.45, 2.75) is 39.2 Å². The molecule has 0 aliphatic rings. The molecule has 0 fully saturated rings. The Balaban J connectivity index is 1.85. The highest BCUT2D eigenvalue weighted by Crippen LogP contribution is 2.26. The zero-order valence-electron chi connectivity index (χ0n) is 11.6. The summed E-state index contributed by atoms with van der Waals surface area (Å²) >= 11 is 1.72. The molecule has 0 aliphatic heterocycles. The maximum absolute atomic E-state index is 12.0. The lowest BCUT2D eigenvalue weighted by atomic mass is 10.0. The van der Waals surface area contributed by atoms with Gasteiger partial charge in [0.15, 0.2) is 0 Å². The van der Waals surface area contributed by atoms with Gasteiger partial charge in [0.2, 0.25) is 0 Å². The van der Waals surface area contributed by atoms with Gasteiger partial charge in [0, 0.05) is 23.6 Å². The number of rotatable bonds is 7. The average molecular weight is 275 g/mol. The van der Waals surface area contributed by atoms with Crippen LogP contribution in [0.2, 0.25) is 0 Å². The summed E-state index contributed by atoms with van der Waals surface area (Å²) in [6, 6.07) is 8.79. The molecule has 1 N–H and O–H groups in total. The van der Waals surface area contributed by atoms with Gasteiger partial charge in [0.25, 0.3) is 0 Å². The van der Waals surface area contributed by atoms with Crippen LogP contribution in [0.5, 0.6) is 0 Å². The molecule has 0 amide bonds. The highest BCUT2D eigenvalue weighted by atomic mass is 32.1. The number of carbonyl (C=O) groups excluding carboxylic acids is 1. The summed E-state index contributed by atoms with van der Waals surface area (Å²) in [5, 5.41) is 6.70. The Labute approximate surface area is 118 Å². The van der Waals surface area contributed by atoms with Crippen LogP contribution >= 0.6 is 11.3 Å². The zero-order chi connectivity index (χ0) is 13.7. The lowest BCUT2D eigenvalue weighted by Gasteiger charge is -2.07. The summed E-state index contributed by atoms with van der Waals surface area (Å²) in [5.41, 5.74) is 1.18. The molecule has 19 heavy (non-hydrogen) atoms. The van der Waals surface area contributed by atoms with Gasteiger partial charge in [-0.25, -0.2) is 0 Å². The van der Waals surface area contributed by atoms with Gasteiger partial charge in [-0.3, -0.25) is 4.79 Å². The van der Waals surface area contributed by atoms with Gasteiger partial charge in [-0.05, 0) is 35.4 Å². The number of hydrogen-bond acceptors (Lipinski definition) is 3. The molecule has 2 rings (SSSR count). The van der Waals surface area contributed by atoms with E-state index in [2.05, 4.69) is 36.7 Å². The summed E-state index contributed by atoms with van der Waals surface area (Å²) in [5.74, 6) is 0.342. The molecule has 0 atom stereocenters. The van der Waals surface area contributed by atoms with Crippen molar-refractivity contribution in [2.75, 3.05) is 6.54 Å². The van der Waals surface area contributed by atoms with Crippen LogP contribution in [0, 0.1) is 0 Å². The first kappa shape index (κ1) is 14.2. The zero-order valence-corrected chi connectivity index (χ0v) is 12.4. The molecular formula is C16H21NOS. The van der Waals surface area contributed by atoms with Gasteiger partial charge in [0.05, 0.1) is 0 Å². The second-order valence-electron chi connectivity index (χ2n) is 5.18. The van der Waals surface area contributed by atoms with Crippen molar-refractivity contribution in [2.24, 2.45) is 0 Å². The standard InChI is InChI=1S/C16H21NOS/c1-12(2)17-9-5-6-14(18)10-13-11-19-16-8-4-3-7-15(13)16/h3-4,7-8,11-12,17H,5-6,9-10H2,1-2H3. The summed E-state index contributed by atoms with van der Waals surface area (Å²) in [4.78, 5) is 12.0. The highest BCUT2D eigenvalue weighted by molar-refractivity contribution is 7.17. The van der Waals surface area contributed by atoms with Crippen LogP contribution in [0.25, 0.3) is 10.1 Å². The minimum Gasteiger partial charge on any atom is -0.315 e. The third-order valence-corrected chi connectivity index (χ3v) is 4.15. The minimum atomic E-state index is 0.342. The van der Waals surface area contributed by atoms with E-state index in [1.807, 2.05) is 12.1 Å². The Hall–Kier alpha value is -1.19. The molecule has 2 nitrogen and oxygen atoms in total. The first-order valence-corrected chi connectivity index (χ1v) is 7.75. The van der Waals surface area contributed by atoms with E-state index in [1.54, 1.807) is 11.3 Å². The van der Waals surface area contributed by atoms with Crippen molar-refractivity contribution in [3.05, 3.63) is 35.2 Å². The van der Waals surface area contributed by atoms with Crippen molar-refractivity contribution in [1.29, 1.82) is 0 Å². The van der Waals surface area contributed by atoms with E-state index in [0.29, 0.717) is 24.7 Å². The number of carbonyl (C=O) groups is 1. The predicted octanol–water partition coefficient (Wildman–Crippen LogP) is 3.79. The molecule has 3 heteroatoms. The number of Topliss-reactive ketones (excluding diaryl/α,β-unsaturated/α-hetero) is 1. The summed E-state index contributed by atoms with van der Waals surface area (Å²) in [6.45, 7) is 5.17. The Morgan fingerprint density at radius 3 is 2.89 bits per heavy atom. The molecule has 1 heterocycles. The lowest BCUT2D eigenvalue weighted by molar-refractivity contribution is -0.118. The Morgan fingerprint density at radius 2 is 2.11 bits per heavy atom. The van der Waals surface area contributed by atoms with Gasteiger partial charge in [-0.15, -0.1) is 11.3 Å². The van der Waals surface area contributed by atoms with Crippen LogP contribution in [-0.4, -0.2) is 18.4 Å². The molecule has 0 aliphatic carbocycles. The fraction of sp³-hybridized carbons (Fsp3) is 0.438. The van der Waals surface area contributed by atoms with Crippen LogP contribution in [0.3, 0.4) is 0 Å². The van der Waals surface area contributed by atoms with E-state index in [9.17, 15) is 4.79 Å². The van der Waals surface area contributed by atoms with Gasteiger partial charge >= 0.3 is 0 Å². The third-order valence-electron chi connectivity index (χ3n) is 3.13. The first-order chi connectivity index (χ1) is 9.16. The molecule has 1 aromatic carbocycles. The van der Waals surface area contributed by atoms with Crippen molar-refractivity contribution in [1.82, 2.24) is 5.32 Å². The first-order valence-electron chi connectivity index (χ1n) is 6.87. The molecule has 0 spiro atoms. The van der Waals surface area contributed by atoms with Crippen molar-refractivity contribution in [3.8, 4) is 0 Å². The molecule has 0 unspecified atom stereocenters. The monoisotopic (exact) mass is 275 g/mol. The Kier molecular flexibility index (Phi) is 5.11. The van der Waals surface area contributed by atoms with Crippen molar-refractivity contribution >= 4 is 27.2 Å². The van der Waals surface area contributed by atoms with E-state index in [1.165, 1.54) is 15.6 Å². The highest BCUT2D eigenvalue weighted by Gasteiger charge is 2.08. The second-order valence-corrected chi connectivity index (χ2v) is 6.10. The number of fused-ring (bicyclic) bond motifs is 1. The fourth-order valence-corrected chi connectivity index (χ4v) is 3.11. The SMILES string of the molecule is CC(C)NCCCC(=O)Cc1csc2ccccc12. The van der Waals surface area contributed by atoms with E-state index in [4.69, 9.17) is 0 Å². The van der Waals surface area contributed by atoms with E-state index in [0.717, 1.165) is 13.0 Å². The molecule has 0 radical (unpaired) electrons. The smallest absolute Gasteiger partial charge is 0.137 e. The van der Waals surface area contributed by atoms with E-state index < -0.39 is 0 Å². The maximum Gasteiger partial charge on any atom is 0.137 e. The van der Waals surface area contributed by atoms with Gasteiger partial charge in [-0.2, -0.15) is 0 Å². The third kappa shape index (κ3) is 4.15. The van der Waals surface area contributed by atoms with Gasteiger partial charge in [0.1, 0.15) is 5.78 Å². The number of nitrogens with one attached hydrogen (secondary N) is 1. The predicted molar refractivity (Wildman–Crippen MR) is 82.9 cm³/mol. The molecular weight excluding hydrogens is 254 g/mol. The molecule has 0 saturated carbocycles. The largest absolute Gasteiger partial charge is 0.315 e. The second kappa shape index (κ2) is 6.83. The number of hydrogen-bond donors (Lipinski definition) is 1. The molecule has 2 aromatic rings. The van der Waals surface area contributed by atoms with Crippen LogP contribution in [0.4, 0.5) is 0 Å².